The van der Waals surface area contributed by atoms with Crippen molar-refractivity contribution in [2.75, 3.05) is 44.4 Å². The Kier molecular flexibility index (Phi) is 14.1. The van der Waals surface area contributed by atoms with Gasteiger partial charge in [-0.1, -0.05) is 73.7 Å². The van der Waals surface area contributed by atoms with Gasteiger partial charge in [-0.2, -0.15) is 0 Å². The van der Waals surface area contributed by atoms with Crippen molar-refractivity contribution in [3.05, 3.63) is 114 Å². The molecule has 16 heteroatoms. The molecule has 0 N–H and O–H groups in total. The lowest BCUT2D eigenvalue weighted by molar-refractivity contribution is -0.286. The van der Waals surface area contributed by atoms with Crippen molar-refractivity contribution in [2.24, 2.45) is 18.9 Å². The summed E-state index contributed by atoms with van der Waals surface area (Å²) in [5, 5.41) is 1.10. The number of rotatable bonds is 15. The number of hydrogen-bond donors (Lipinski definition) is 0. The van der Waals surface area contributed by atoms with Crippen LogP contribution in [0, 0.1) is 11.8 Å². The third kappa shape index (κ3) is 10.2. The number of hydrogen-bond acceptors (Lipinski definition) is 14. The van der Waals surface area contributed by atoms with E-state index in [4.69, 9.17) is 28.4 Å². The number of ether oxygens (including phenoxy) is 6. The summed E-state index contributed by atoms with van der Waals surface area (Å²) in [6.45, 7) is 7.04. The molecule has 1 aliphatic carbocycles. The van der Waals surface area contributed by atoms with Gasteiger partial charge in [0.1, 0.15) is 32.0 Å². The van der Waals surface area contributed by atoms with Crippen molar-refractivity contribution >= 4 is 46.6 Å². The van der Waals surface area contributed by atoms with Gasteiger partial charge in [0.05, 0.1) is 12.1 Å². The summed E-state index contributed by atoms with van der Waals surface area (Å²) in [5.41, 5.74) is 7.04. The van der Waals surface area contributed by atoms with Gasteiger partial charge in [-0.15, -0.1) is 0 Å². The third-order valence-electron chi connectivity index (χ3n) is 12.7. The Morgan fingerprint density at radius 1 is 0.773 bits per heavy atom. The fraction of sp³-hybridized carbons (Fsp3) is 0.420. The van der Waals surface area contributed by atoms with Gasteiger partial charge in [0.15, 0.2) is 18.2 Å². The van der Waals surface area contributed by atoms with E-state index in [1.54, 1.807) is 6.92 Å². The molecule has 0 bridgehead atoms. The van der Waals surface area contributed by atoms with Crippen molar-refractivity contribution in [3.63, 3.8) is 0 Å². The maximum absolute atomic E-state index is 14.2. The molecule has 8 rings (SSSR count). The first-order valence-corrected chi connectivity index (χ1v) is 22.3. The van der Waals surface area contributed by atoms with E-state index in [-0.39, 0.29) is 36.7 Å². The zero-order valence-electron chi connectivity index (χ0n) is 37.8. The van der Waals surface area contributed by atoms with Crippen LogP contribution in [0.15, 0.2) is 91.4 Å². The quantitative estimate of drug-likeness (QED) is 0.0622. The van der Waals surface area contributed by atoms with Crippen LogP contribution >= 0.6 is 0 Å². The molecule has 2 saturated heterocycles. The smallest absolute Gasteiger partial charge is 0.410 e. The topological polar surface area (TPSA) is 178 Å². The van der Waals surface area contributed by atoms with Crippen LogP contribution in [0.3, 0.4) is 0 Å². The second-order valence-corrected chi connectivity index (χ2v) is 17.3. The molecule has 346 valence electrons. The summed E-state index contributed by atoms with van der Waals surface area (Å²) in [6.07, 6.45) is 2.01. The number of fused-ring (bicyclic) bond motifs is 4. The van der Waals surface area contributed by atoms with Crippen molar-refractivity contribution < 1.29 is 52.4 Å². The van der Waals surface area contributed by atoms with E-state index < -0.39 is 60.8 Å². The van der Waals surface area contributed by atoms with E-state index in [0.717, 1.165) is 40.4 Å². The Labute approximate surface area is 383 Å². The Morgan fingerprint density at radius 3 is 2.05 bits per heavy atom. The van der Waals surface area contributed by atoms with Crippen LogP contribution in [-0.2, 0) is 56.4 Å². The molecule has 3 aliphatic rings. The standard InChI is InChI=1S/C50H55N5O11/c1-30-46(64-32(3)57)47(65-33(4)58)45(29-61-31(2)56)66-48(30)62-28-44(59)35-22-51-49(52-23-35)54-20-18-34(19-21-54)24-55(26-36-25-53(5)43-17-11-10-12-37(36)43)50(60)63-27-42-40-15-8-6-13-38(40)39-14-7-9-16-41(39)42/h6-17,22-23,25,30,34,42,45-48H,18-21,24,26-29H2,1-5H3/t30-,45-,46-,47+,48-/m1/s1. The molecular formula is C50H55N5O11. The van der Waals surface area contributed by atoms with Crippen LogP contribution in [0.5, 0.6) is 0 Å². The van der Waals surface area contributed by atoms with E-state index in [1.165, 1.54) is 44.3 Å². The number of nitrogens with zero attached hydrogens (tertiary/aromatic N) is 5. The first kappa shape index (κ1) is 45.9. The maximum Gasteiger partial charge on any atom is 0.410 e. The van der Waals surface area contributed by atoms with Crippen LogP contribution in [0.2, 0.25) is 0 Å². The van der Waals surface area contributed by atoms with Gasteiger partial charge in [0.2, 0.25) is 5.95 Å². The van der Waals surface area contributed by atoms with E-state index in [9.17, 15) is 24.0 Å². The molecule has 3 aromatic carbocycles. The minimum atomic E-state index is -1.09. The van der Waals surface area contributed by atoms with E-state index in [1.807, 2.05) is 48.3 Å². The highest BCUT2D eigenvalue weighted by Crippen LogP contribution is 2.44. The highest BCUT2D eigenvalue weighted by atomic mass is 16.7. The van der Waals surface area contributed by atoms with E-state index in [2.05, 4.69) is 62.0 Å². The molecule has 5 atom stereocenters. The Hall–Kier alpha value is -6.65. The molecule has 16 nitrogen and oxygen atoms in total. The molecule has 5 aromatic rings. The van der Waals surface area contributed by atoms with Crippen LogP contribution in [0.1, 0.15) is 73.5 Å². The number of ketones is 1. The number of carbonyl (C=O) groups is 5. The predicted molar refractivity (Wildman–Crippen MR) is 241 cm³/mol. The van der Waals surface area contributed by atoms with Crippen molar-refractivity contribution in [1.82, 2.24) is 19.4 Å². The number of Topliss-reactive ketones (excluding diaryl/α,β-unsaturated/α-hetero) is 1. The molecule has 0 saturated carbocycles. The van der Waals surface area contributed by atoms with Gasteiger partial charge in [-0.25, -0.2) is 14.8 Å². The second-order valence-electron chi connectivity index (χ2n) is 17.3. The molecule has 4 heterocycles. The normalized spacial score (nSPS) is 20.6. The summed E-state index contributed by atoms with van der Waals surface area (Å²) >= 11 is 0. The van der Waals surface area contributed by atoms with Gasteiger partial charge < -0.3 is 42.8 Å². The number of aryl methyl sites for hydroxylation is 1. The van der Waals surface area contributed by atoms with Crippen molar-refractivity contribution in [1.29, 1.82) is 0 Å². The lowest BCUT2D eigenvalue weighted by Crippen LogP contribution is -2.58. The first-order valence-electron chi connectivity index (χ1n) is 22.3. The summed E-state index contributed by atoms with van der Waals surface area (Å²) in [7, 11) is 2.02. The summed E-state index contributed by atoms with van der Waals surface area (Å²) < 4.78 is 36.3. The molecular weight excluding hydrogens is 847 g/mol. The number of esters is 3. The average Bonchev–Trinajstić information content (AvgIpc) is 3.81. The highest BCUT2D eigenvalue weighted by Gasteiger charge is 2.49. The largest absolute Gasteiger partial charge is 0.463 e. The molecule has 0 radical (unpaired) electrons. The Balaban J connectivity index is 0.888. The van der Waals surface area contributed by atoms with Crippen molar-refractivity contribution in [3.8, 4) is 11.1 Å². The number of piperidine rings is 1. The maximum atomic E-state index is 14.2. The molecule has 66 heavy (non-hydrogen) atoms. The van der Waals surface area contributed by atoms with Gasteiger partial charge in [0, 0.05) is 88.8 Å². The lowest BCUT2D eigenvalue weighted by Gasteiger charge is -2.43. The van der Waals surface area contributed by atoms with Gasteiger partial charge in [-0.3, -0.25) is 19.2 Å². The van der Waals surface area contributed by atoms with Crippen LogP contribution in [0.25, 0.3) is 22.0 Å². The third-order valence-corrected chi connectivity index (χ3v) is 12.7. The average molecular weight is 902 g/mol. The minimum absolute atomic E-state index is 0.0510. The summed E-state index contributed by atoms with van der Waals surface area (Å²) in [4.78, 5) is 76.1. The molecule has 0 unspecified atom stereocenters. The summed E-state index contributed by atoms with van der Waals surface area (Å²) in [6, 6.07) is 24.8. The second kappa shape index (κ2) is 20.3. The van der Waals surface area contributed by atoms with Gasteiger partial charge in [0.25, 0.3) is 0 Å². The number of carbonyl (C=O) groups excluding carboxylic acids is 5. The van der Waals surface area contributed by atoms with Crippen LogP contribution in [-0.4, -0.2) is 113 Å². The monoisotopic (exact) mass is 901 g/mol. The van der Waals surface area contributed by atoms with Crippen molar-refractivity contribution in [2.45, 2.75) is 77.6 Å². The Morgan fingerprint density at radius 2 is 1.39 bits per heavy atom. The Bertz CT molecular complexity index is 2530. The lowest BCUT2D eigenvalue weighted by atomic mass is 9.92. The number of aromatic nitrogens is 3. The first-order chi connectivity index (χ1) is 31.8. The fourth-order valence-corrected chi connectivity index (χ4v) is 9.41. The van der Waals surface area contributed by atoms with E-state index >= 15 is 0 Å². The summed E-state index contributed by atoms with van der Waals surface area (Å²) in [5.74, 6) is -2.33. The number of anilines is 1. The molecule has 2 aliphatic heterocycles. The zero-order chi connectivity index (χ0) is 46.5. The van der Waals surface area contributed by atoms with Gasteiger partial charge in [-0.05, 0) is 52.6 Å². The SMILES string of the molecule is CC(=O)OC[C@H]1O[C@@H](OCC(=O)c2cnc(N3CCC(CN(Cc4cn(C)c5ccccc45)C(=O)OCC4c5ccccc5-c5ccccc54)CC3)nc2)[C@H](C)[C@@H](OC(C)=O)[C@H]1OC(C)=O. The fourth-order valence-electron chi connectivity index (χ4n) is 9.41. The highest BCUT2D eigenvalue weighted by molar-refractivity contribution is 5.96. The van der Waals surface area contributed by atoms with Crippen LogP contribution < -0.4 is 4.90 Å². The van der Waals surface area contributed by atoms with E-state index in [0.29, 0.717) is 32.1 Å². The molecule has 1 amide bonds. The minimum Gasteiger partial charge on any atom is -0.463 e. The molecule has 2 aromatic heterocycles. The zero-order valence-corrected chi connectivity index (χ0v) is 37.8. The molecule has 2 fully saturated rings. The number of benzene rings is 3. The number of para-hydroxylation sites is 1. The van der Waals surface area contributed by atoms with Crippen LogP contribution in [0.4, 0.5) is 10.7 Å². The predicted octanol–water partition coefficient (Wildman–Crippen LogP) is 6.62. The molecule has 0 spiro atoms. The number of amides is 1. The van der Waals surface area contributed by atoms with Gasteiger partial charge >= 0.3 is 24.0 Å².